The van der Waals surface area contributed by atoms with Crippen LogP contribution in [0.25, 0.3) is 10.1 Å². The van der Waals surface area contributed by atoms with Crippen LogP contribution in [0.1, 0.15) is 22.2 Å². The number of phenolic OH excluding ortho intramolecular Hbond substituents is 1. The van der Waals surface area contributed by atoms with Crippen LogP contribution in [0.2, 0.25) is 0 Å². The molecule has 0 amide bonds. The average molecular weight is 345 g/mol. The number of fused-ring (bicyclic) bond motifs is 1. The van der Waals surface area contributed by atoms with Gasteiger partial charge in [0.15, 0.2) is 0 Å². The lowest BCUT2D eigenvalue weighted by Gasteiger charge is -2.07. The second kappa shape index (κ2) is 6.36. The van der Waals surface area contributed by atoms with Crippen LogP contribution >= 0.6 is 11.3 Å². The summed E-state index contributed by atoms with van der Waals surface area (Å²) in [5.74, 6) is -0.230. The Morgan fingerprint density at radius 2 is 2.21 bits per heavy atom. The number of aromatic nitrogens is 3. The van der Waals surface area contributed by atoms with E-state index in [0.717, 1.165) is 4.88 Å². The number of nitrogens with zero attached hydrogens (tertiary/aromatic N) is 5. The van der Waals surface area contributed by atoms with Crippen molar-refractivity contribution < 1.29 is 14.6 Å². The van der Waals surface area contributed by atoms with Gasteiger partial charge in [0.2, 0.25) is 5.82 Å². The normalized spacial score (nSPS) is 11.5. The molecule has 0 aliphatic rings. The maximum atomic E-state index is 12.2. The zero-order chi connectivity index (χ0) is 17.3. The predicted molar refractivity (Wildman–Crippen MR) is 89.4 cm³/mol. The van der Waals surface area contributed by atoms with Gasteiger partial charge in [-0.3, -0.25) is 0 Å². The number of esters is 1. The Morgan fingerprint density at radius 3 is 2.88 bits per heavy atom. The van der Waals surface area contributed by atoms with E-state index < -0.39 is 5.97 Å². The summed E-state index contributed by atoms with van der Waals surface area (Å²) in [6, 6.07) is 3.20. The highest BCUT2D eigenvalue weighted by Gasteiger charge is 2.20. The zero-order valence-corrected chi connectivity index (χ0v) is 14.2. The number of rotatable bonds is 4. The van der Waals surface area contributed by atoms with Gasteiger partial charge < -0.3 is 9.84 Å². The van der Waals surface area contributed by atoms with Gasteiger partial charge in [0.1, 0.15) is 11.4 Å². The average Bonchev–Trinajstić information content (AvgIpc) is 3.12. The molecule has 0 aliphatic carbocycles. The first-order valence-corrected chi connectivity index (χ1v) is 8.02. The van der Waals surface area contributed by atoms with Gasteiger partial charge in [0, 0.05) is 17.3 Å². The fourth-order valence-electron chi connectivity index (χ4n) is 2.23. The molecule has 0 unspecified atom stereocenters. The highest BCUT2D eigenvalue weighted by molar-refractivity contribution is 7.19. The van der Waals surface area contributed by atoms with Gasteiger partial charge in [-0.1, -0.05) is 0 Å². The molecular formula is C15H15N5O3S. The number of hydrogen-bond donors (Lipinski definition) is 1. The molecule has 0 radical (unpaired) electrons. The third-order valence-corrected chi connectivity index (χ3v) is 4.27. The van der Waals surface area contributed by atoms with E-state index in [1.165, 1.54) is 28.4 Å². The number of azo groups is 1. The topological polar surface area (TPSA) is 102 Å². The van der Waals surface area contributed by atoms with Crippen molar-refractivity contribution in [2.45, 2.75) is 13.8 Å². The maximum absolute atomic E-state index is 12.2. The van der Waals surface area contributed by atoms with Crippen molar-refractivity contribution in [3.05, 3.63) is 28.8 Å². The fourth-order valence-corrected chi connectivity index (χ4v) is 3.25. The number of carbonyl (C=O) groups is 1. The Morgan fingerprint density at radius 1 is 1.42 bits per heavy atom. The van der Waals surface area contributed by atoms with Gasteiger partial charge in [-0.2, -0.15) is 9.90 Å². The van der Waals surface area contributed by atoms with E-state index in [0.29, 0.717) is 21.6 Å². The highest BCUT2D eigenvalue weighted by atomic mass is 32.1. The number of aryl methyl sites for hydroxylation is 2. The molecule has 0 atom stereocenters. The molecule has 3 aromatic rings. The number of thiophene rings is 1. The van der Waals surface area contributed by atoms with Crippen LogP contribution in [0, 0.1) is 6.92 Å². The van der Waals surface area contributed by atoms with Crippen molar-refractivity contribution >= 4 is 38.9 Å². The first kappa shape index (κ1) is 16.1. The summed E-state index contributed by atoms with van der Waals surface area (Å²) in [5, 5.41) is 27.0. The molecule has 0 aliphatic heterocycles. The number of benzene rings is 1. The Bertz CT molecular complexity index is 944. The van der Waals surface area contributed by atoms with E-state index in [-0.39, 0.29) is 17.9 Å². The summed E-state index contributed by atoms with van der Waals surface area (Å²) in [7, 11) is 1.67. The van der Waals surface area contributed by atoms with E-state index in [1.807, 2.05) is 13.0 Å². The third-order valence-electron chi connectivity index (χ3n) is 3.22. The lowest BCUT2D eigenvalue weighted by Crippen LogP contribution is -2.04. The van der Waals surface area contributed by atoms with Gasteiger partial charge in [-0.05, 0) is 26.0 Å². The van der Waals surface area contributed by atoms with Gasteiger partial charge in [0.05, 0.1) is 23.1 Å². The van der Waals surface area contributed by atoms with Crippen molar-refractivity contribution in [3.63, 3.8) is 0 Å². The van der Waals surface area contributed by atoms with Crippen LogP contribution < -0.4 is 0 Å². The van der Waals surface area contributed by atoms with Crippen molar-refractivity contribution in [3.8, 4) is 5.75 Å². The molecule has 124 valence electrons. The SMILES string of the molecule is CCOC(=O)c1cc(O)c2cc(C)sc2c1N=Nc1cnn(C)n1. The molecule has 2 aromatic heterocycles. The fraction of sp³-hybridized carbons (Fsp3) is 0.267. The molecule has 0 saturated heterocycles. The summed E-state index contributed by atoms with van der Waals surface area (Å²) in [5.41, 5.74) is 0.515. The number of hydrogen-bond acceptors (Lipinski definition) is 8. The van der Waals surface area contributed by atoms with Crippen molar-refractivity contribution in [2.24, 2.45) is 17.3 Å². The van der Waals surface area contributed by atoms with Crippen LogP contribution in [0.15, 0.2) is 28.6 Å². The maximum Gasteiger partial charge on any atom is 0.340 e. The molecule has 0 bridgehead atoms. The minimum Gasteiger partial charge on any atom is -0.507 e. The van der Waals surface area contributed by atoms with Crippen molar-refractivity contribution in [1.82, 2.24) is 15.0 Å². The smallest absolute Gasteiger partial charge is 0.340 e. The van der Waals surface area contributed by atoms with Crippen LogP contribution in [-0.2, 0) is 11.8 Å². The first-order chi connectivity index (χ1) is 11.5. The molecule has 1 aromatic carbocycles. The van der Waals surface area contributed by atoms with Crippen LogP contribution in [0.3, 0.4) is 0 Å². The standard InChI is InChI=1S/C15H15N5O3S/c1-4-23-15(22)10-6-11(21)9-5-8(2)24-14(9)13(10)18-17-12-7-16-20(3)19-12/h5-7,21H,4H2,1-3H3. The quantitative estimate of drug-likeness (QED) is 0.574. The van der Waals surface area contributed by atoms with Crippen LogP contribution in [0.5, 0.6) is 5.75 Å². The summed E-state index contributed by atoms with van der Waals surface area (Å²) in [4.78, 5) is 14.6. The monoisotopic (exact) mass is 345 g/mol. The summed E-state index contributed by atoms with van der Waals surface area (Å²) >= 11 is 1.42. The van der Waals surface area contributed by atoms with Gasteiger partial charge in [0.25, 0.3) is 0 Å². The van der Waals surface area contributed by atoms with E-state index in [1.54, 1.807) is 14.0 Å². The Balaban J connectivity index is 2.17. The number of ether oxygens (including phenoxy) is 1. The summed E-state index contributed by atoms with van der Waals surface area (Å²) < 4.78 is 5.73. The Kier molecular flexibility index (Phi) is 4.26. The number of aromatic hydroxyl groups is 1. The molecule has 8 nitrogen and oxygen atoms in total. The molecule has 1 N–H and O–H groups in total. The minimum atomic E-state index is -0.561. The predicted octanol–water partition coefficient (Wildman–Crippen LogP) is 3.64. The Hall–Kier alpha value is -2.81. The molecule has 2 heterocycles. The molecular weight excluding hydrogens is 330 g/mol. The first-order valence-electron chi connectivity index (χ1n) is 7.21. The molecule has 3 rings (SSSR count). The largest absolute Gasteiger partial charge is 0.507 e. The van der Waals surface area contributed by atoms with E-state index >= 15 is 0 Å². The highest BCUT2D eigenvalue weighted by Crippen LogP contribution is 2.42. The van der Waals surface area contributed by atoms with E-state index in [9.17, 15) is 9.90 Å². The van der Waals surface area contributed by atoms with Crippen molar-refractivity contribution in [1.29, 1.82) is 0 Å². The van der Waals surface area contributed by atoms with Crippen LogP contribution in [-0.4, -0.2) is 32.7 Å². The van der Waals surface area contributed by atoms with Gasteiger partial charge in [-0.15, -0.1) is 26.7 Å². The van der Waals surface area contributed by atoms with Gasteiger partial charge >= 0.3 is 5.97 Å². The number of phenols is 1. The summed E-state index contributed by atoms with van der Waals surface area (Å²) in [6.45, 7) is 3.85. The molecule has 0 spiro atoms. The second-order valence-electron chi connectivity index (χ2n) is 5.00. The summed E-state index contributed by atoms with van der Waals surface area (Å²) in [6.07, 6.45) is 1.46. The van der Waals surface area contributed by atoms with Crippen molar-refractivity contribution in [2.75, 3.05) is 6.61 Å². The minimum absolute atomic E-state index is 0.0101. The van der Waals surface area contributed by atoms with Crippen LogP contribution in [0.4, 0.5) is 11.5 Å². The lowest BCUT2D eigenvalue weighted by molar-refractivity contribution is 0.0527. The molecule has 24 heavy (non-hydrogen) atoms. The van der Waals surface area contributed by atoms with E-state index in [4.69, 9.17) is 4.74 Å². The zero-order valence-electron chi connectivity index (χ0n) is 13.3. The Labute approximate surface area is 141 Å². The molecule has 9 heteroatoms. The molecule has 0 saturated carbocycles. The number of carbonyl (C=O) groups excluding carboxylic acids is 1. The lowest BCUT2D eigenvalue weighted by atomic mass is 10.1. The van der Waals surface area contributed by atoms with Gasteiger partial charge in [-0.25, -0.2) is 4.79 Å². The third kappa shape index (κ3) is 2.98. The van der Waals surface area contributed by atoms with E-state index in [2.05, 4.69) is 20.4 Å². The second-order valence-corrected chi connectivity index (χ2v) is 6.26. The molecule has 0 fully saturated rings.